The number of halogens is 3. The summed E-state index contributed by atoms with van der Waals surface area (Å²) in [5.41, 5.74) is 4.19. The van der Waals surface area contributed by atoms with Crippen LogP contribution in [0, 0.1) is 0 Å². The molecule has 0 fully saturated rings. The number of thioether (sulfide) groups is 1. The van der Waals surface area contributed by atoms with E-state index in [4.69, 9.17) is 41.8 Å². The molecule has 39 heavy (non-hydrogen) atoms. The zero-order valence-electron chi connectivity index (χ0n) is 20.4. The van der Waals surface area contributed by atoms with E-state index in [1.807, 2.05) is 30.3 Å². The molecule has 1 N–H and O–H groups in total. The molecule has 0 aliphatic heterocycles. The lowest BCUT2D eigenvalue weighted by Gasteiger charge is -2.12. The van der Waals surface area contributed by atoms with Gasteiger partial charge in [-0.05, 0) is 51.8 Å². The van der Waals surface area contributed by atoms with Gasteiger partial charge in [0, 0.05) is 15.1 Å². The average molecular weight is 652 g/mol. The minimum atomic E-state index is -0.355. The Labute approximate surface area is 247 Å². The number of rotatable bonds is 12. The fraction of sp³-hybridized carbons (Fsp3) is 0.154. The number of ether oxygens (including phenoxy) is 3. The van der Waals surface area contributed by atoms with Gasteiger partial charge in [-0.3, -0.25) is 4.79 Å². The molecule has 1 heterocycles. The number of hydrazone groups is 1. The fourth-order valence-corrected chi connectivity index (χ4v) is 4.54. The van der Waals surface area contributed by atoms with E-state index in [9.17, 15) is 4.79 Å². The van der Waals surface area contributed by atoms with Crippen molar-refractivity contribution in [3.05, 3.63) is 92.2 Å². The van der Waals surface area contributed by atoms with Gasteiger partial charge in [-0.25, -0.2) is 5.43 Å². The molecule has 0 aliphatic rings. The van der Waals surface area contributed by atoms with E-state index in [0.717, 1.165) is 21.8 Å². The van der Waals surface area contributed by atoms with Crippen molar-refractivity contribution < 1.29 is 23.4 Å². The Morgan fingerprint density at radius 2 is 1.85 bits per heavy atom. The molecule has 1 amide bonds. The van der Waals surface area contributed by atoms with Crippen LogP contribution < -0.4 is 19.6 Å². The summed E-state index contributed by atoms with van der Waals surface area (Å²) in [7, 11) is 1.56. The Bertz CT molecular complexity index is 1460. The third-order valence-corrected chi connectivity index (χ3v) is 6.97. The standard InChI is InChI=1S/C26H21BrCl2N4O5S/c1-35-22-9-17(19(27)11-23(22)36-13-16-5-3-2-4-6-16)12-30-31-24(34)15-39-26-33-32-25(38-26)14-37-21-8-7-18(28)10-20(21)29/h2-12H,13-15H2,1H3,(H,31,34)/b30-12-. The van der Waals surface area contributed by atoms with Crippen LogP contribution in [0.1, 0.15) is 17.0 Å². The lowest BCUT2D eigenvalue weighted by atomic mass is 10.2. The lowest BCUT2D eigenvalue weighted by molar-refractivity contribution is -0.118. The molecule has 202 valence electrons. The molecule has 0 atom stereocenters. The number of nitrogens with zero attached hydrogens (tertiary/aromatic N) is 3. The van der Waals surface area contributed by atoms with Crippen LogP contribution in [-0.4, -0.2) is 35.2 Å². The van der Waals surface area contributed by atoms with Crippen LogP contribution in [-0.2, 0) is 18.0 Å². The molecule has 4 aromatic rings. The third-order valence-electron chi connectivity index (χ3n) is 4.93. The number of hydrogen-bond acceptors (Lipinski definition) is 9. The molecular formula is C26H21BrCl2N4O5S. The van der Waals surface area contributed by atoms with Gasteiger partial charge in [0.2, 0.25) is 0 Å². The minimum absolute atomic E-state index is 0.0135. The Hall–Kier alpha value is -3.25. The number of nitrogens with one attached hydrogen (secondary N) is 1. The summed E-state index contributed by atoms with van der Waals surface area (Å²) in [5.74, 6) is 1.44. The van der Waals surface area contributed by atoms with Crippen molar-refractivity contribution >= 4 is 63.0 Å². The molecule has 0 saturated carbocycles. The molecule has 13 heteroatoms. The molecular weight excluding hydrogens is 631 g/mol. The lowest BCUT2D eigenvalue weighted by Crippen LogP contribution is -2.19. The van der Waals surface area contributed by atoms with Crippen LogP contribution in [0.2, 0.25) is 10.0 Å². The van der Waals surface area contributed by atoms with Crippen molar-refractivity contribution in [1.29, 1.82) is 0 Å². The van der Waals surface area contributed by atoms with E-state index in [2.05, 4.69) is 36.7 Å². The topological polar surface area (TPSA) is 108 Å². The average Bonchev–Trinajstić information content (AvgIpc) is 3.39. The van der Waals surface area contributed by atoms with Crippen LogP contribution in [0.5, 0.6) is 17.2 Å². The van der Waals surface area contributed by atoms with Gasteiger partial charge >= 0.3 is 0 Å². The Morgan fingerprint density at radius 3 is 2.62 bits per heavy atom. The smallest absolute Gasteiger partial charge is 0.277 e. The van der Waals surface area contributed by atoms with Crippen molar-refractivity contribution in [1.82, 2.24) is 15.6 Å². The zero-order valence-corrected chi connectivity index (χ0v) is 24.3. The first kappa shape index (κ1) is 28.8. The van der Waals surface area contributed by atoms with E-state index in [1.54, 1.807) is 37.4 Å². The SMILES string of the molecule is COc1cc(/C=N\NC(=O)CSc2nnc(COc3ccc(Cl)cc3Cl)o2)c(Br)cc1OCc1ccccc1. The maximum Gasteiger partial charge on any atom is 0.277 e. The van der Waals surface area contributed by atoms with Crippen LogP contribution in [0.3, 0.4) is 0 Å². The number of benzene rings is 3. The van der Waals surface area contributed by atoms with Crippen molar-refractivity contribution in [3.8, 4) is 17.2 Å². The highest BCUT2D eigenvalue weighted by molar-refractivity contribution is 9.10. The third kappa shape index (κ3) is 8.62. The van der Waals surface area contributed by atoms with Crippen molar-refractivity contribution in [2.75, 3.05) is 12.9 Å². The maximum atomic E-state index is 12.2. The molecule has 0 saturated heterocycles. The summed E-state index contributed by atoms with van der Waals surface area (Å²) in [6.07, 6.45) is 1.50. The largest absolute Gasteiger partial charge is 0.493 e. The van der Waals surface area contributed by atoms with Crippen LogP contribution in [0.25, 0.3) is 0 Å². The van der Waals surface area contributed by atoms with Crippen LogP contribution in [0.4, 0.5) is 0 Å². The van der Waals surface area contributed by atoms with Gasteiger partial charge in [0.15, 0.2) is 18.1 Å². The number of hydrogen-bond donors (Lipinski definition) is 1. The number of methoxy groups -OCH3 is 1. The minimum Gasteiger partial charge on any atom is -0.493 e. The van der Waals surface area contributed by atoms with Gasteiger partial charge in [0.05, 0.1) is 24.1 Å². The second-order valence-electron chi connectivity index (χ2n) is 7.71. The molecule has 0 radical (unpaired) electrons. The van der Waals surface area contributed by atoms with Gasteiger partial charge in [0.1, 0.15) is 12.4 Å². The summed E-state index contributed by atoms with van der Waals surface area (Å²) in [6, 6.07) is 18.2. The Kier molecular flexibility index (Phi) is 10.5. The molecule has 9 nitrogen and oxygen atoms in total. The van der Waals surface area contributed by atoms with Gasteiger partial charge in [-0.2, -0.15) is 5.10 Å². The first-order valence-electron chi connectivity index (χ1n) is 11.3. The Balaban J connectivity index is 1.25. The van der Waals surface area contributed by atoms with E-state index >= 15 is 0 Å². The molecule has 0 spiro atoms. The summed E-state index contributed by atoms with van der Waals surface area (Å²) in [4.78, 5) is 12.2. The van der Waals surface area contributed by atoms with Gasteiger partial charge in [-0.15, -0.1) is 10.2 Å². The quantitative estimate of drug-likeness (QED) is 0.104. The molecule has 4 rings (SSSR count). The number of carbonyl (C=O) groups excluding carboxylic acids is 1. The maximum absolute atomic E-state index is 12.2. The van der Waals surface area contributed by atoms with Gasteiger partial charge in [0.25, 0.3) is 17.0 Å². The molecule has 0 aliphatic carbocycles. The predicted octanol–water partition coefficient (Wildman–Crippen LogP) is 6.55. The van der Waals surface area contributed by atoms with Crippen molar-refractivity contribution in [2.24, 2.45) is 5.10 Å². The van der Waals surface area contributed by atoms with E-state index < -0.39 is 0 Å². The number of carbonyl (C=O) groups is 1. The summed E-state index contributed by atoms with van der Waals surface area (Å²) in [5, 5.41) is 12.9. The number of aromatic nitrogens is 2. The summed E-state index contributed by atoms with van der Waals surface area (Å²) >= 11 is 16.5. The molecule has 3 aromatic carbocycles. The highest BCUT2D eigenvalue weighted by Gasteiger charge is 2.12. The monoisotopic (exact) mass is 650 g/mol. The predicted molar refractivity (Wildman–Crippen MR) is 153 cm³/mol. The van der Waals surface area contributed by atoms with E-state index in [0.29, 0.717) is 39.5 Å². The summed E-state index contributed by atoms with van der Waals surface area (Å²) < 4.78 is 23.1. The second kappa shape index (κ2) is 14.2. The first-order valence-corrected chi connectivity index (χ1v) is 13.8. The first-order chi connectivity index (χ1) is 18.9. The normalized spacial score (nSPS) is 11.0. The fourth-order valence-electron chi connectivity index (χ4n) is 3.08. The van der Waals surface area contributed by atoms with Gasteiger partial charge < -0.3 is 18.6 Å². The Morgan fingerprint density at radius 1 is 1.05 bits per heavy atom. The second-order valence-corrected chi connectivity index (χ2v) is 10.3. The molecule has 0 unspecified atom stereocenters. The highest BCUT2D eigenvalue weighted by Crippen LogP contribution is 2.33. The van der Waals surface area contributed by atoms with Crippen molar-refractivity contribution in [3.63, 3.8) is 0 Å². The van der Waals surface area contributed by atoms with E-state index in [-0.39, 0.29) is 29.4 Å². The van der Waals surface area contributed by atoms with Crippen LogP contribution in [0.15, 0.2) is 79.9 Å². The molecule has 1 aromatic heterocycles. The summed E-state index contributed by atoms with van der Waals surface area (Å²) in [6.45, 7) is 0.413. The zero-order chi connectivity index (χ0) is 27.6. The highest BCUT2D eigenvalue weighted by atomic mass is 79.9. The van der Waals surface area contributed by atoms with E-state index in [1.165, 1.54) is 6.21 Å². The number of amides is 1. The van der Waals surface area contributed by atoms with Crippen molar-refractivity contribution in [2.45, 2.75) is 18.4 Å². The van der Waals surface area contributed by atoms with Crippen LogP contribution >= 0.6 is 50.9 Å². The molecule has 0 bridgehead atoms. The van der Waals surface area contributed by atoms with Gasteiger partial charge in [-0.1, -0.05) is 65.3 Å².